The number of hydrogen-bond donors (Lipinski definition) is 1. The molecule has 1 heterocycles. The lowest BCUT2D eigenvalue weighted by molar-refractivity contribution is 0.0929. The summed E-state index contributed by atoms with van der Waals surface area (Å²) in [6, 6.07) is 14.5. The Morgan fingerprint density at radius 3 is 2.40 bits per heavy atom. The van der Waals surface area contributed by atoms with Gasteiger partial charge in [-0.25, -0.2) is 4.79 Å². The van der Waals surface area contributed by atoms with Crippen molar-refractivity contribution in [1.82, 2.24) is 19.7 Å². The van der Waals surface area contributed by atoms with E-state index in [-0.39, 0.29) is 18.3 Å². The van der Waals surface area contributed by atoms with Crippen molar-refractivity contribution in [3.05, 3.63) is 91.8 Å². The van der Waals surface area contributed by atoms with Gasteiger partial charge in [0.2, 0.25) is 5.69 Å². The van der Waals surface area contributed by atoms with E-state index in [4.69, 9.17) is 0 Å². The number of benzene rings is 2. The molecular weight excluding hydrogens is 380 g/mol. The molecule has 1 aromatic heterocycles. The molecule has 0 saturated carbocycles. The van der Waals surface area contributed by atoms with Gasteiger partial charge in [0.1, 0.15) is 0 Å². The quantitative estimate of drug-likeness (QED) is 0.682. The molecular formula is C23H26N4O3. The minimum Gasteiger partial charge on any atom is -0.348 e. The maximum atomic E-state index is 13.2. The minimum absolute atomic E-state index is 0.0511. The van der Waals surface area contributed by atoms with Gasteiger partial charge in [-0.15, -0.1) is 0 Å². The van der Waals surface area contributed by atoms with Crippen LogP contribution in [-0.4, -0.2) is 26.3 Å². The lowest BCUT2D eigenvalue weighted by atomic mass is 10.1. The standard InChI is InChI=1S/C23H26N4O3/c1-5-17(4)24-21(28)20-22(29)26(14-18-9-7-6-8-10-18)23(30)27(25-20)19-12-11-15(2)16(3)13-19/h6-13,17H,5,14H2,1-4H3,(H,24,28)/t17-/m1/s1. The molecule has 2 aromatic carbocycles. The van der Waals surface area contributed by atoms with E-state index in [1.165, 1.54) is 0 Å². The number of aryl methyl sites for hydroxylation is 2. The van der Waals surface area contributed by atoms with Gasteiger partial charge in [0.05, 0.1) is 12.2 Å². The summed E-state index contributed by atoms with van der Waals surface area (Å²) in [5.41, 5.74) is 1.73. The SMILES string of the molecule is CC[C@@H](C)NC(=O)c1nn(-c2ccc(C)c(C)c2)c(=O)n(Cc2ccccc2)c1=O. The number of carbonyl (C=O) groups is 1. The van der Waals surface area contributed by atoms with E-state index in [1.807, 2.05) is 70.2 Å². The van der Waals surface area contributed by atoms with Gasteiger partial charge in [0.25, 0.3) is 11.5 Å². The Hall–Kier alpha value is -3.48. The van der Waals surface area contributed by atoms with Crippen LogP contribution in [0, 0.1) is 13.8 Å². The van der Waals surface area contributed by atoms with Crippen molar-refractivity contribution in [3.8, 4) is 5.69 Å². The first-order valence-electron chi connectivity index (χ1n) is 9.98. The highest BCUT2D eigenvalue weighted by atomic mass is 16.2. The van der Waals surface area contributed by atoms with Crippen LogP contribution in [0.2, 0.25) is 0 Å². The fourth-order valence-electron chi connectivity index (χ4n) is 2.98. The molecule has 3 rings (SSSR count). The molecule has 30 heavy (non-hydrogen) atoms. The third-order valence-electron chi connectivity index (χ3n) is 5.18. The second kappa shape index (κ2) is 8.90. The third kappa shape index (κ3) is 4.40. The predicted molar refractivity (Wildman–Crippen MR) is 116 cm³/mol. The summed E-state index contributed by atoms with van der Waals surface area (Å²) in [5, 5.41) is 6.93. The highest BCUT2D eigenvalue weighted by molar-refractivity contribution is 5.91. The van der Waals surface area contributed by atoms with Gasteiger partial charge in [0.15, 0.2) is 0 Å². The summed E-state index contributed by atoms with van der Waals surface area (Å²) >= 11 is 0. The second-order valence-corrected chi connectivity index (χ2v) is 7.47. The van der Waals surface area contributed by atoms with Crippen molar-refractivity contribution in [2.24, 2.45) is 0 Å². The minimum atomic E-state index is -0.704. The third-order valence-corrected chi connectivity index (χ3v) is 5.18. The van der Waals surface area contributed by atoms with E-state index in [9.17, 15) is 14.4 Å². The zero-order valence-electron chi connectivity index (χ0n) is 17.7. The molecule has 0 radical (unpaired) electrons. The fourth-order valence-corrected chi connectivity index (χ4v) is 2.98. The number of nitrogens with zero attached hydrogens (tertiary/aromatic N) is 3. The maximum Gasteiger partial charge on any atom is 0.352 e. The van der Waals surface area contributed by atoms with Gasteiger partial charge in [-0.05, 0) is 56.0 Å². The number of carbonyl (C=O) groups excluding carboxylic acids is 1. The molecule has 7 heteroatoms. The van der Waals surface area contributed by atoms with E-state index in [0.29, 0.717) is 12.1 Å². The molecule has 0 saturated heterocycles. The zero-order chi connectivity index (χ0) is 21.8. The molecule has 0 aliphatic carbocycles. The van der Waals surface area contributed by atoms with Crippen molar-refractivity contribution in [2.75, 3.05) is 0 Å². The van der Waals surface area contributed by atoms with Crippen LogP contribution >= 0.6 is 0 Å². The summed E-state index contributed by atoms with van der Waals surface area (Å²) < 4.78 is 2.19. The first kappa shape index (κ1) is 21.2. The van der Waals surface area contributed by atoms with Crippen molar-refractivity contribution >= 4 is 5.91 Å². The van der Waals surface area contributed by atoms with E-state index < -0.39 is 17.2 Å². The molecule has 3 aromatic rings. The van der Waals surface area contributed by atoms with Crippen LogP contribution in [0.1, 0.15) is 47.4 Å². The average molecular weight is 406 g/mol. The highest BCUT2D eigenvalue weighted by Crippen LogP contribution is 2.12. The molecule has 0 aliphatic rings. The van der Waals surface area contributed by atoms with Crippen LogP contribution in [-0.2, 0) is 6.54 Å². The van der Waals surface area contributed by atoms with Crippen LogP contribution in [0.3, 0.4) is 0 Å². The molecule has 1 N–H and O–H groups in total. The van der Waals surface area contributed by atoms with E-state index in [2.05, 4.69) is 10.4 Å². The highest BCUT2D eigenvalue weighted by Gasteiger charge is 2.21. The van der Waals surface area contributed by atoms with Gasteiger partial charge < -0.3 is 5.32 Å². The van der Waals surface area contributed by atoms with Crippen LogP contribution in [0.5, 0.6) is 0 Å². The Morgan fingerprint density at radius 2 is 1.77 bits per heavy atom. The largest absolute Gasteiger partial charge is 0.352 e. The molecule has 0 unspecified atom stereocenters. The molecule has 1 amide bonds. The molecule has 0 aliphatic heterocycles. The van der Waals surface area contributed by atoms with Gasteiger partial charge in [-0.2, -0.15) is 9.78 Å². The summed E-state index contributed by atoms with van der Waals surface area (Å²) in [7, 11) is 0. The van der Waals surface area contributed by atoms with Gasteiger partial charge in [-0.1, -0.05) is 43.3 Å². The van der Waals surface area contributed by atoms with Crippen LogP contribution < -0.4 is 16.6 Å². The van der Waals surface area contributed by atoms with Gasteiger partial charge in [-0.3, -0.25) is 14.2 Å². The Kier molecular flexibility index (Phi) is 6.30. The normalized spacial score (nSPS) is 11.9. The Labute approximate surface area is 175 Å². The molecule has 1 atom stereocenters. The fraction of sp³-hybridized carbons (Fsp3) is 0.304. The number of aromatic nitrogens is 3. The number of amides is 1. The van der Waals surface area contributed by atoms with Crippen molar-refractivity contribution in [3.63, 3.8) is 0 Å². The topological polar surface area (TPSA) is 86.0 Å². The molecule has 7 nitrogen and oxygen atoms in total. The van der Waals surface area contributed by atoms with E-state index in [1.54, 1.807) is 6.07 Å². The summed E-state index contributed by atoms with van der Waals surface area (Å²) in [5.74, 6) is -0.589. The average Bonchev–Trinajstić information content (AvgIpc) is 2.74. The smallest absolute Gasteiger partial charge is 0.348 e. The van der Waals surface area contributed by atoms with Crippen molar-refractivity contribution in [2.45, 2.75) is 46.7 Å². The number of nitrogens with one attached hydrogen (secondary N) is 1. The first-order chi connectivity index (χ1) is 14.3. The van der Waals surface area contributed by atoms with Crippen LogP contribution in [0.25, 0.3) is 5.69 Å². The Morgan fingerprint density at radius 1 is 1.07 bits per heavy atom. The summed E-state index contributed by atoms with van der Waals surface area (Å²) in [6.45, 7) is 7.73. The lowest BCUT2D eigenvalue weighted by Gasteiger charge is -2.15. The molecule has 0 fully saturated rings. The molecule has 0 bridgehead atoms. The van der Waals surface area contributed by atoms with Crippen molar-refractivity contribution < 1.29 is 4.79 Å². The number of hydrogen-bond acceptors (Lipinski definition) is 4. The summed E-state index contributed by atoms with van der Waals surface area (Å²) in [4.78, 5) is 39.0. The zero-order valence-corrected chi connectivity index (χ0v) is 17.7. The van der Waals surface area contributed by atoms with E-state index in [0.717, 1.165) is 25.9 Å². The number of rotatable bonds is 6. The maximum absolute atomic E-state index is 13.2. The Bertz CT molecular complexity index is 1180. The van der Waals surface area contributed by atoms with Crippen molar-refractivity contribution in [1.29, 1.82) is 0 Å². The monoisotopic (exact) mass is 406 g/mol. The predicted octanol–water partition coefficient (Wildman–Crippen LogP) is 2.59. The lowest BCUT2D eigenvalue weighted by Crippen LogP contribution is -2.47. The van der Waals surface area contributed by atoms with E-state index >= 15 is 0 Å². The second-order valence-electron chi connectivity index (χ2n) is 7.47. The summed E-state index contributed by atoms with van der Waals surface area (Å²) in [6.07, 6.45) is 0.709. The molecule has 0 spiro atoms. The first-order valence-corrected chi connectivity index (χ1v) is 9.98. The van der Waals surface area contributed by atoms with Crippen LogP contribution in [0.4, 0.5) is 0 Å². The van der Waals surface area contributed by atoms with Gasteiger partial charge >= 0.3 is 5.69 Å². The molecule has 156 valence electrons. The van der Waals surface area contributed by atoms with Crippen LogP contribution in [0.15, 0.2) is 58.1 Å². The Balaban J connectivity index is 2.21. The van der Waals surface area contributed by atoms with Gasteiger partial charge in [0, 0.05) is 6.04 Å².